The summed E-state index contributed by atoms with van der Waals surface area (Å²) in [5.41, 5.74) is 0.594. The minimum atomic E-state index is -0.905. The fraction of sp³-hybridized carbons (Fsp3) is 0.583. The standard InChI is InChI=1S/C12H16ClNO2/c1-2-12(4-3-5-12)8-14-7-9(13)6-10(14)11(15)16/h6-7H,2-5,8H2,1H3,(H,15,16). The van der Waals surface area contributed by atoms with E-state index in [0.29, 0.717) is 16.1 Å². The van der Waals surface area contributed by atoms with Crippen molar-refractivity contribution >= 4 is 17.6 Å². The molecule has 0 radical (unpaired) electrons. The molecule has 1 aliphatic rings. The lowest BCUT2D eigenvalue weighted by Gasteiger charge is -2.41. The molecule has 0 aromatic carbocycles. The van der Waals surface area contributed by atoms with Crippen LogP contribution >= 0.6 is 11.6 Å². The first-order valence-electron chi connectivity index (χ1n) is 5.65. The summed E-state index contributed by atoms with van der Waals surface area (Å²) in [5.74, 6) is -0.905. The van der Waals surface area contributed by atoms with Gasteiger partial charge in [-0.05, 0) is 30.7 Å². The van der Waals surface area contributed by atoms with Crippen LogP contribution in [0.5, 0.6) is 0 Å². The molecule has 0 spiro atoms. The van der Waals surface area contributed by atoms with E-state index < -0.39 is 5.97 Å². The number of rotatable bonds is 4. The number of aromatic nitrogens is 1. The number of aromatic carboxylic acids is 1. The molecule has 88 valence electrons. The highest BCUT2D eigenvalue weighted by molar-refractivity contribution is 6.30. The van der Waals surface area contributed by atoms with Crippen molar-refractivity contribution in [1.82, 2.24) is 4.57 Å². The molecule has 1 heterocycles. The van der Waals surface area contributed by atoms with Gasteiger partial charge in [-0.3, -0.25) is 0 Å². The minimum absolute atomic E-state index is 0.296. The number of nitrogens with zero attached hydrogens (tertiary/aromatic N) is 1. The Morgan fingerprint density at radius 1 is 1.62 bits per heavy atom. The molecule has 1 aromatic rings. The zero-order chi connectivity index (χ0) is 11.8. The molecule has 0 aliphatic heterocycles. The van der Waals surface area contributed by atoms with Crippen molar-refractivity contribution < 1.29 is 9.90 Å². The highest BCUT2D eigenvalue weighted by atomic mass is 35.5. The quantitative estimate of drug-likeness (QED) is 0.878. The Kier molecular flexibility index (Phi) is 2.98. The Morgan fingerprint density at radius 3 is 2.75 bits per heavy atom. The molecule has 0 bridgehead atoms. The number of carboxylic acid groups (broad SMARTS) is 1. The topological polar surface area (TPSA) is 42.2 Å². The number of hydrogen-bond donors (Lipinski definition) is 1. The SMILES string of the molecule is CCC1(Cn2cc(Cl)cc2C(=O)O)CCC1. The van der Waals surface area contributed by atoms with Gasteiger partial charge >= 0.3 is 5.97 Å². The third-order valence-electron chi connectivity index (χ3n) is 3.75. The maximum absolute atomic E-state index is 11.0. The van der Waals surface area contributed by atoms with Crippen molar-refractivity contribution in [2.45, 2.75) is 39.2 Å². The van der Waals surface area contributed by atoms with Gasteiger partial charge in [0.15, 0.2) is 0 Å². The Hall–Kier alpha value is -0.960. The van der Waals surface area contributed by atoms with E-state index in [0.717, 1.165) is 13.0 Å². The molecule has 1 aliphatic carbocycles. The van der Waals surface area contributed by atoms with E-state index in [1.165, 1.54) is 25.3 Å². The summed E-state index contributed by atoms with van der Waals surface area (Å²) < 4.78 is 1.79. The first kappa shape index (κ1) is 11.5. The van der Waals surface area contributed by atoms with Crippen LogP contribution in [0.4, 0.5) is 0 Å². The summed E-state index contributed by atoms with van der Waals surface area (Å²) in [6, 6.07) is 1.52. The van der Waals surface area contributed by atoms with Gasteiger partial charge in [0.1, 0.15) is 5.69 Å². The van der Waals surface area contributed by atoms with Crippen LogP contribution in [0.25, 0.3) is 0 Å². The number of hydrogen-bond acceptors (Lipinski definition) is 1. The molecular formula is C12H16ClNO2. The van der Waals surface area contributed by atoms with Crippen LogP contribution in [0.3, 0.4) is 0 Å². The molecule has 2 rings (SSSR count). The second kappa shape index (κ2) is 4.13. The van der Waals surface area contributed by atoms with Gasteiger partial charge in [-0.15, -0.1) is 0 Å². The van der Waals surface area contributed by atoms with E-state index in [2.05, 4.69) is 6.92 Å². The second-order valence-corrected chi connectivity index (χ2v) is 5.12. The lowest BCUT2D eigenvalue weighted by atomic mass is 9.67. The largest absolute Gasteiger partial charge is 0.477 e. The molecule has 1 fully saturated rings. The third kappa shape index (κ3) is 1.96. The normalized spacial score (nSPS) is 18.1. The highest BCUT2D eigenvalue weighted by Gasteiger charge is 2.36. The van der Waals surface area contributed by atoms with E-state index in [9.17, 15) is 4.79 Å². The van der Waals surface area contributed by atoms with Gasteiger partial charge in [-0.1, -0.05) is 24.9 Å². The zero-order valence-electron chi connectivity index (χ0n) is 9.37. The van der Waals surface area contributed by atoms with Crippen LogP contribution in [0.2, 0.25) is 5.02 Å². The summed E-state index contributed by atoms with van der Waals surface area (Å²) in [7, 11) is 0. The minimum Gasteiger partial charge on any atom is -0.477 e. The molecular weight excluding hydrogens is 226 g/mol. The first-order valence-corrected chi connectivity index (χ1v) is 6.03. The van der Waals surface area contributed by atoms with Crippen LogP contribution in [-0.4, -0.2) is 15.6 Å². The van der Waals surface area contributed by atoms with Crippen LogP contribution in [-0.2, 0) is 6.54 Å². The molecule has 0 unspecified atom stereocenters. The first-order chi connectivity index (χ1) is 7.56. The van der Waals surface area contributed by atoms with Gasteiger partial charge in [0, 0.05) is 12.7 Å². The number of halogens is 1. The summed E-state index contributed by atoms with van der Waals surface area (Å²) in [6.45, 7) is 2.95. The Labute approximate surface area is 100 Å². The summed E-state index contributed by atoms with van der Waals surface area (Å²) >= 11 is 5.86. The average molecular weight is 242 g/mol. The number of carbonyl (C=O) groups is 1. The van der Waals surface area contributed by atoms with Gasteiger partial charge in [-0.25, -0.2) is 4.79 Å². The molecule has 3 nitrogen and oxygen atoms in total. The summed E-state index contributed by atoms with van der Waals surface area (Å²) in [4.78, 5) is 11.0. The molecule has 0 saturated heterocycles. The van der Waals surface area contributed by atoms with Crippen LogP contribution < -0.4 is 0 Å². The predicted molar refractivity (Wildman–Crippen MR) is 63.0 cm³/mol. The zero-order valence-corrected chi connectivity index (χ0v) is 10.1. The van der Waals surface area contributed by atoms with Crippen molar-refractivity contribution in [2.24, 2.45) is 5.41 Å². The second-order valence-electron chi connectivity index (χ2n) is 4.68. The average Bonchev–Trinajstić information content (AvgIpc) is 2.53. The maximum atomic E-state index is 11.0. The van der Waals surface area contributed by atoms with Crippen molar-refractivity contribution in [1.29, 1.82) is 0 Å². The monoisotopic (exact) mass is 241 g/mol. The smallest absolute Gasteiger partial charge is 0.352 e. The van der Waals surface area contributed by atoms with E-state index in [1.54, 1.807) is 10.8 Å². The molecule has 0 atom stereocenters. The van der Waals surface area contributed by atoms with Gasteiger partial charge < -0.3 is 9.67 Å². The molecule has 16 heavy (non-hydrogen) atoms. The molecule has 1 saturated carbocycles. The molecule has 4 heteroatoms. The van der Waals surface area contributed by atoms with Crippen LogP contribution in [0.15, 0.2) is 12.3 Å². The molecule has 1 aromatic heterocycles. The fourth-order valence-electron chi connectivity index (χ4n) is 2.45. The van der Waals surface area contributed by atoms with E-state index in [-0.39, 0.29) is 0 Å². The van der Waals surface area contributed by atoms with Crippen molar-refractivity contribution in [3.8, 4) is 0 Å². The van der Waals surface area contributed by atoms with Crippen LogP contribution in [0.1, 0.15) is 43.1 Å². The van der Waals surface area contributed by atoms with Gasteiger partial charge in [0.25, 0.3) is 0 Å². The van der Waals surface area contributed by atoms with E-state index in [4.69, 9.17) is 16.7 Å². The Morgan fingerprint density at radius 2 is 2.31 bits per heavy atom. The van der Waals surface area contributed by atoms with Gasteiger partial charge in [-0.2, -0.15) is 0 Å². The Balaban J connectivity index is 2.23. The molecule has 0 amide bonds. The fourth-order valence-corrected chi connectivity index (χ4v) is 2.67. The van der Waals surface area contributed by atoms with Gasteiger partial charge in [0.2, 0.25) is 0 Å². The maximum Gasteiger partial charge on any atom is 0.352 e. The van der Waals surface area contributed by atoms with Crippen molar-refractivity contribution in [3.63, 3.8) is 0 Å². The third-order valence-corrected chi connectivity index (χ3v) is 3.96. The van der Waals surface area contributed by atoms with Crippen molar-refractivity contribution in [3.05, 3.63) is 23.0 Å². The molecule has 1 N–H and O–H groups in total. The van der Waals surface area contributed by atoms with Gasteiger partial charge in [0.05, 0.1) is 5.02 Å². The van der Waals surface area contributed by atoms with Crippen LogP contribution in [0, 0.1) is 5.41 Å². The lowest BCUT2D eigenvalue weighted by Crippen LogP contribution is -2.34. The van der Waals surface area contributed by atoms with Crippen molar-refractivity contribution in [2.75, 3.05) is 0 Å². The Bertz CT molecular complexity index is 402. The summed E-state index contributed by atoms with van der Waals surface area (Å²) in [6.07, 6.45) is 6.46. The van der Waals surface area contributed by atoms with E-state index >= 15 is 0 Å². The lowest BCUT2D eigenvalue weighted by molar-refractivity contribution is 0.0661. The highest BCUT2D eigenvalue weighted by Crippen LogP contribution is 2.45. The number of carboxylic acids is 1. The predicted octanol–water partition coefficient (Wildman–Crippen LogP) is 3.42. The van der Waals surface area contributed by atoms with E-state index in [1.807, 2.05) is 0 Å². The summed E-state index contributed by atoms with van der Waals surface area (Å²) in [5, 5.41) is 9.56.